The van der Waals surface area contributed by atoms with E-state index in [4.69, 9.17) is 34.8 Å². The predicted octanol–water partition coefficient (Wildman–Crippen LogP) is 6.07. The Hall–Kier alpha value is -1.40. The molecule has 2 rings (SSSR count). The van der Waals surface area contributed by atoms with E-state index in [-0.39, 0.29) is 24.1 Å². The van der Waals surface area contributed by atoms with Crippen molar-refractivity contribution < 1.29 is 9.59 Å². The molecule has 2 aromatic rings. The van der Waals surface area contributed by atoms with Gasteiger partial charge in [0.2, 0.25) is 11.8 Å². The van der Waals surface area contributed by atoms with Crippen molar-refractivity contribution in [1.29, 1.82) is 0 Å². The van der Waals surface area contributed by atoms with Gasteiger partial charge < -0.3 is 10.2 Å². The molecule has 1 atom stereocenters. The largest absolute Gasteiger partial charge is 0.354 e. The molecule has 0 fully saturated rings. The first-order valence-corrected chi connectivity index (χ1v) is 12.3. The van der Waals surface area contributed by atoms with Crippen LogP contribution in [0.2, 0.25) is 15.1 Å². The van der Waals surface area contributed by atoms with E-state index in [1.54, 1.807) is 30.0 Å². The fourth-order valence-corrected chi connectivity index (χ4v) is 4.48. The van der Waals surface area contributed by atoms with Gasteiger partial charge in [-0.15, -0.1) is 11.8 Å². The van der Waals surface area contributed by atoms with Gasteiger partial charge in [-0.2, -0.15) is 0 Å². The van der Waals surface area contributed by atoms with Crippen molar-refractivity contribution in [3.63, 3.8) is 0 Å². The van der Waals surface area contributed by atoms with Gasteiger partial charge in [0.05, 0.1) is 5.75 Å². The third-order valence-electron chi connectivity index (χ3n) is 4.65. The lowest BCUT2D eigenvalue weighted by molar-refractivity contribution is -0.138. The van der Waals surface area contributed by atoms with Gasteiger partial charge in [-0.05, 0) is 42.2 Å². The number of benzene rings is 2. The Bertz CT molecular complexity index is 908. The summed E-state index contributed by atoms with van der Waals surface area (Å²) in [7, 11) is 0. The Kier molecular flexibility index (Phi) is 10.5. The van der Waals surface area contributed by atoms with Gasteiger partial charge in [0.25, 0.3) is 0 Å². The minimum atomic E-state index is -0.623. The van der Waals surface area contributed by atoms with Gasteiger partial charge in [0, 0.05) is 33.9 Å². The molecule has 0 radical (unpaired) electrons. The summed E-state index contributed by atoms with van der Waals surface area (Å²) in [6.07, 6.45) is 0. The summed E-state index contributed by atoms with van der Waals surface area (Å²) in [6, 6.07) is 12.0. The number of carbonyl (C=O) groups is 2. The Morgan fingerprint density at radius 1 is 1.00 bits per heavy atom. The summed E-state index contributed by atoms with van der Waals surface area (Å²) in [5.41, 5.74) is 1.70. The Morgan fingerprint density at radius 2 is 1.71 bits per heavy atom. The third kappa shape index (κ3) is 8.23. The van der Waals surface area contributed by atoms with Crippen LogP contribution in [-0.2, 0) is 21.9 Å². The number of carbonyl (C=O) groups excluding carboxylic acids is 2. The highest BCUT2D eigenvalue weighted by Gasteiger charge is 2.26. The minimum Gasteiger partial charge on any atom is -0.354 e. The summed E-state index contributed by atoms with van der Waals surface area (Å²) in [5.74, 6) is 0.784. The maximum Gasteiger partial charge on any atom is 0.242 e. The van der Waals surface area contributed by atoms with E-state index in [0.717, 1.165) is 11.1 Å². The van der Waals surface area contributed by atoms with Crippen LogP contribution in [0.5, 0.6) is 0 Å². The number of thioether (sulfide) groups is 1. The maximum atomic E-state index is 13.1. The van der Waals surface area contributed by atoms with E-state index in [1.165, 1.54) is 11.8 Å². The van der Waals surface area contributed by atoms with Crippen molar-refractivity contribution in [3.05, 3.63) is 68.7 Å². The molecule has 1 N–H and O–H groups in total. The van der Waals surface area contributed by atoms with Crippen LogP contribution in [0.1, 0.15) is 31.9 Å². The van der Waals surface area contributed by atoms with Crippen molar-refractivity contribution in [2.75, 3.05) is 12.3 Å². The SMILES string of the molecule is CC(C)CNC(=O)C(C)N(Cc1ccccc1Cl)C(=O)CSCc1ccc(Cl)cc1Cl. The van der Waals surface area contributed by atoms with Crippen molar-refractivity contribution in [3.8, 4) is 0 Å². The summed E-state index contributed by atoms with van der Waals surface area (Å²) >= 11 is 19.9. The molecule has 0 aliphatic rings. The van der Waals surface area contributed by atoms with E-state index >= 15 is 0 Å². The van der Waals surface area contributed by atoms with Gasteiger partial charge in [-0.1, -0.05) is 72.9 Å². The van der Waals surface area contributed by atoms with Crippen LogP contribution in [0.4, 0.5) is 0 Å². The molecule has 0 spiro atoms. The molecular weight excluding hydrogens is 475 g/mol. The van der Waals surface area contributed by atoms with Gasteiger partial charge >= 0.3 is 0 Å². The zero-order valence-corrected chi connectivity index (χ0v) is 20.9. The highest BCUT2D eigenvalue weighted by atomic mass is 35.5. The zero-order chi connectivity index (χ0) is 23.0. The Morgan fingerprint density at radius 3 is 2.35 bits per heavy atom. The normalized spacial score (nSPS) is 12.0. The van der Waals surface area contributed by atoms with E-state index in [0.29, 0.717) is 33.3 Å². The maximum absolute atomic E-state index is 13.1. The predicted molar refractivity (Wildman–Crippen MR) is 132 cm³/mol. The number of hydrogen-bond acceptors (Lipinski definition) is 3. The molecule has 0 aromatic heterocycles. The van der Waals surface area contributed by atoms with Crippen LogP contribution in [0.25, 0.3) is 0 Å². The second kappa shape index (κ2) is 12.6. The van der Waals surface area contributed by atoms with E-state index in [2.05, 4.69) is 5.32 Å². The van der Waals surface area contributed by atoms with Gasteiger partial charge in [-0.3, -0.25) is 9.59 Å². The van der Waals surface area contributed by atoms with Gasteiger partial charge in [-0.25, -0.2) is 0 Å². The van der Waals surface area contributed by atoms with Gasteiger partial charge in [0.1, 0.15) is 6.04 Å². The molecule has 168 valence electrons. The summed E-state index contributed by atoms with van der Waals surface area (Å²) in [4.78, 5) is 27.3. The third-order valence-corrected chi connectivity index (χ3v) is 6.57. The Labute approximate surface area is 203 Å². The van der Waals surface area contributed by atoms with E-state index in [9.17, 15) is 9.59 Å². The van der Waals surface area contributed by atoms with Crippen molar-refractivity contribution >= 4 is 58.4 Å². The molecule has 0 saturated carbocycles. The molecule has 4 nitrogen and oxygen atoms in total. The lowest BCUT2D eigenvalue weighted by atomic mass is 10.1. The fraction of sp³-hybridized carbons (Fsp3) is 0.391. The number of nitrogens with one attached hydrogen (secondary N) is 1. The molecule has 0 heterocycles. The highest BCUT2D eigenvalue weighted by Crippen LogP contribution is 2.25. The summed E-state index contributed by atoms with van der Waals surface area (Å²) in [5, 5.41) is 4.62. The van der Waals surface area contributed by atoms with Crippen LogP contribution in [-0.4, -0.2) is 35.1 Å². The minimum absolute atomic E-state index is 0.137. The van der Waals surface area contributed by atoms with Crippen molar-refractivity contribution in [1.82, 2.24) is 10.2 Å². The van der Waals surface area contributed by atoms with Crippen LogP contribution >= 0.6 is 46.6 Å². The molecule has 0 bridgehead atoms. The molecule has 0 saturated heterocycles. The quantitative estimate of drug-likeness (QED) is 0.430. The molecular formula is C23H27Cl3N2O2S. The number of nitrogens with zero attached hydrogens (tertiary/aromatic N) is 1. The van der Waals surface area contributed by atoms with Crippen molar-refractivity contribution in [2.24, 2.45) is 5.92 Å². The summed E-state index contributed by atoms with van der Waals surface area (Å²) < 4.78 is 0. The molecule has 1 unspecified atom stereocenters. The lowest BCUT2D eigenvalue weighted by Gasteiger charge is -2.29. The Balaban J connectivity index is 2.09. The smallest absolute Gasteiger partial charge is 0.242 e. The molecule has 2 amide bonds. The zero-order valence-electron chi connectivity index (χ0n) is 17.8. The van der Waals surface area contributed by atoms with Crippen LogP contribution in [0.15, 0.2) is 42.5 Å². The standard InChI is InChI=1S/C23H27Cl3N2O2S/c1-15(2)11-27-23(30)16(3)28(12-17-6-4-5-7-20(17)25)22(29)14-31-13-18-8-9-19(24)10-21(18)26/h4-10,15-16H,11-14H2,1-3H3,(H,27,30). The lowest BCUT2D eigenvalue weighted by Crippen LogP contribution is -2.48. The topological polar surface area (TPSA) is 49.4 Å². The van der Waals surface area contributed by atoms with Crippen LogP contribution in [0.3, 0.4) is 0 Å². The van der Waals surface area contributed by atoms with Crippen LogP contribution < -0.4 is 5.32 Å². The second-order valence-corrected chi connectivity index (χ2v) is 9.89. The average Bonchev–Trinajstić information content (AvgIpc) is 2.72. The molecule has 2 aromatic carbocycles. The van der Waals surface area contributed by atoms with E-state index < -0.39 is 6.04 Å². The summed E-state index contributed by atoms with van der Waals surface area (Å²) in [6.45, 7) is 6.61. The molecule has 0 aliphatic heterocycles. The monoisotopic (exact) mass is 500 g/mol. The number of amides is 2. The fourth-order valence-electron chi connectivity index (χ4n) is 2.82. The molecule has 31 heavy (non-hydrogen) atoms. The van der Waals surface area contributed by atoms with Crippen molar-refractivity contribution in [2.45, 2.75) is 39.1 Å². The molecule has 8 heteroatoms. The van der Waals surface area contributed by atoms with Gasteiger partial charge in [0.15, 0.2) is 0 Å². The van der Waals surface area contributed by atoms with E-state index in [1.807, 2.05) is 38.1 Å². The first-order valence-electron chi connectivity index (χ1n) is 10.0. The number of rotatable bonds is 10. The first kappa shape index (κ1) is 25.9. The highest BCUT2D eigenvalue weighted by molar-refractivity contribution is 7.99. The van der Waals surface area contributed by atoms with Crippen LogP contribution in [0, 0.1) is 5.92 Å². The number of hydrogen-bond donors (Lipinski definition) is 1. The first-order chi connectivity index (χ1) is 14.7. The number of halogens is 3. The average molecular weight is 502 g/mol. The molecule has 0 aliphatic carbocycles. The second-order valence-electron chi connectivity index (χ2n) is 7.66.